The van der Waals surface area contributed by atoms with Crippen LogP contribution in [0.25, 0.3) is 77.2 Å². The van der Waals surface area contributed by atoms with E-state index < -0.39 is 5.41 Å². The lowest BCUT2D eigenvalue weighted by atomic mass is 9.70. The molecule has 2 N–H and O–H groups in total. The molecule has 2 aliphatic heterocycles. The van der Waals surface area contributed by atoms with Gasteiger partial charge in [0.2, 0.25) is 0 Å². The number of benzene rings is 10. The quantitative estimate of drug-likeness (QED) is 0.159. The Morgan fingerprint density at radius 3 is 1.39 bits per heavy atom. The monoisotopic (exact) mass is 976 g/mol. The SMILES string of the molecule is CC1=CC=C(N(c2ccc(-c3ccccc3)cc2)c2cc3c(c4ccccc24)-c2c(cc(N(C4=CC=C(C)NC4)c4ccc(-c5ccccc5)cc4)c4oc5ccccc5c24)C32c3ccccc3-c3ccccc32)CN1. The summed E-state index contributed by atoms with van der Waals surface area (Å²) in [7, 11) is 0. The first-order valence-electron chi connectivity index (χ1n) is 26.4. The Bertz CT molecular complexity index is 4250. The number of hydrogen-bond donors (Lipinski definition) is 2. The lowest BCUT2D eigenvalue weighted by Crippen LogP contribution is -2.30. The Balaban J connectivity index is 1.07. The number of para-hydroxylation sites is 1. The van der Waals surface area contributed by atoms with Crippen molar-refractivity contribution in [1.82, 2.24) is 10.6 Å². The van der Waals surface area contributed by atoms with Crippen molar-refractivity contribution in [3.05, 3.63) is 288 Å². The maximum atomic E-state index is 7.35. The lowest BCUT2D eigenvalue weighted by molar-refractivity contribution is 0.668. The minimum absolute atomic E-state index is 0.647. The summed E-state index contributed by atoms with van der Waals surface area (Å²) in [5.74, 6) is 0. The molecule has 0 fully saturated rings. The van der Waals surface area contributed by atoms with Crippen molar-refractivity contribution in [2.75, 3.05) is 22.9 Å². The molecule has 0 unspecified atom stereocenters. The number of allylic oxidation sites excluding steroid dienone is 6. The van der Waals surface area contributed by atoms with E-state index in [1.807, 2.05) is 0 Å². The fourth-order valence-electron chi connectivity index (χ4n) is 12.9. The van der Waals surface area contributed by atoms with Gasteiger partial charge in [0.05, 0.1) is 29.9 Å². The van der Waals surface area contributed by atoms with E-state index in [2.05, 4.69) is 277 Å². The summed E-state index contributed by atoms with van der Waals surface area (Å²) in [5, 5.41) is 12.0. The third-order valence-corrected chi connectivity index (χ3v) is 16.3. The second-order valence-corrected chi connectivity index (χ2v) is 20.5. The zero-order valence-corrected chi connectivity index (χ0v) is 42.3. The first-order valence-corrected chi connectivity index (χ1v) is 26.4. The summed E-state index contributed by atoms with van der Waals surface area (Å²) in [6.07, 6.45) is 8.97. The van der Waals surface area contributed by atoms with Crippen molar-refractivity contribution in [2.45, 2.75) is 19.3 Å². The van der Waals surface area contributed by atoms with E-state index in [0.29, 0.717) is 13.1 Å². The molecule has 362 valence electrons. The largest absolute Gasteiger partial charge is 0.454 e. The number of furan rings is 1. The third-order valence-electron chi connectivity index (χ3n) is 16.3. The molecule has 10 aromatic carbocycles. The molecule has 5 nitrogen and oxygen atoms in total. The summed E-state index contributed by atoms with van der Waals surface area (Å²) in [6, 6.07) is 80.6. The molecular weight excluding hydrogens is 925 g/mol. The van der Waals surface area contributed by atoms with Gasteiger partial charge < -0.3 is 24.9 Å². The number of hydrogen-bond acceptors (Lipinski definition) is 5. The van der Waals surface area contributed by atoms with Gasteiger partial charge in [-0.3, -0.25) is 0 Å². The fraction of sp³-hybridized carbons (Fsp3) is 0.0704. The molecular formula is C71H52N4O. The molecule has 3 heterocycles. The van der Waals surface area contributed by atoms with Crippen LogP contribution < -0.4 is 20.4 Å². The summed E-state index contributed by atoms with van der Waals surface area (Å²) in [5.41, 5.74) is 24.6. The van der Waals surface area contributed by atoms with E-state index in [0.717, 1.165) is 67.5 Å². The highest BCUT2D eigenvalue weighted by Gasteiger charge is 2.54. The summed E-state index contributed by atoms with van der Waals surface area (Å²) in [6.45, 7) is 5.60. The Kier molecular flexibility index (Phi) is 9.98. The molecule has 1 aromatic heterocycles. The van der Waals surface area contributed by atoms with Crippen LogP contribution in [-0.4, -0.2) is 13.1 Å². The van der Waals surface area contributed by atoms with Gasteiger partial charge in [-0.1, -0.05) is 176 Å². The topological polar surface area (TPSA) is 43.7 Å². The molecule has 0 amide bonds. The van der Waals surface area contributed by atoms with Crippen molar-refractivity contribution in [3.63, 3.8) is 0 Å². The normalized spacial score (nSPS) is 14.7. The molecule has 11 aromatic rings. The van der Waals surface area contributed by atoms with Gasteiger partial charge in [0.1, 0.15) is 5.58 Å². The van der Waals surface area contributed by atoms with Crippen LogP contribution in [0.3, 0.4) is 0 Å². The van der Waals surface area contributed by atoms with E-state index in [1.54, 1.807) is 0 Å². The second kappa shape index (κ2) is 17.3. The Labute approximate surface area is 442 Å². The van der Waals surface area contributed by atoms with Crippen molar-refractivity contribution in [2.24, 2.45) is 0 Å². The predicted molar refractivity (Wildman–Crippen MR) is 315 cm³/mol. The van der Waals surface area contributed by atoms with Gasteiger partial charge in [0, 0.05) is 50.3 Å². The van der Waals surface area contributed by atoms with Crippen molar-refractivity contribution in [3.8, 4) is 44.5 Å². The fourth-order valence-corrected chi connectivity index (χ4v) is 12.9. The Morgan fingerprint density at radius 2 is 0.842 bits per heavy atom. The Hall–Kier alpha value is -9.58. The van der Waals surface area contributed by atoms with Crippen LogP contribution in [0.4, 0.5) is 22.7 Å². The minimum Gasteiger partial charge on any atom is -0.454 e. The molecule has 15 rings (SSSR count). The number of nitrogens with one attached hydrogen (secondary N) is 2. The molecule has 0 saturated heterocycles. The third kappa shape index (κ3) is 6.58. The first kappa shape index (κ1) is 44.0. The van der Waals surface area contributed by atoms with Crippen LogP contribution >= 0.6 is 0 Å². The molecule has 2 aliphatic carbocycles. The van der Waals surface area contributed by atoms with Gasteiger partial charge in [-0.15, -0.1) is 0 Å². The average molecular weight is 977 g/mol. The van der Waals surface area contributed by atoms with E-state index in [9.17, 15) is 0 Å². The molecule has 0 atom stereocenters. The first-order chi connectivity index (χ1) is 37.5. The highest BCUT2D eigenvalue weighted by atomic mass is 16.3. The smallest absolute Gasteiger partial charge is 0.160 e. The van der Waals surface area contributed by atoms with Crippen LogP contribution in [0, 0.1) is 0 Å². The van der Waals surface area contributed by atoms with E-state index in [4.69, 9.17) is 4.42 Å². The number of nitrogens with zero attached hydrogens (tertiary/aromatic N) is 2. The molecule has 76 heavy (non-hydrogen) atoms. The van der Waals surface area contributed by atoms with Crippen LogP contribution in [0.15, 0.2) is 270 Å². The van der Waals surface area contributed by atoms with E-state index in [-0.39, 0.29) is 0 Å². The van der Waals surface area contributed by atoms with Gasteiger partial charge in [0.25, 0.3) is 0 Å². The minimum atomic E-state index is -0.727. The highest BCUT2D eigenvalue weighted by molar-refractivity contribution is 6.24. The predicted octanol–water partition coefficient (Wildman–Crippen LogP) is 17.5. The lowest BCUT2D eigenvalue weighted by Gasteiger charge is -2.35. The van der Waals surface area contributed by atoms with E-state index >= 15 is 0 Å². The van der Waals surface area contributed by atoms with Gasteiger partial charge in [0.15, 0.2) is 5.58 Å². The van der Waals surface area contributed by atoms with Crippen molar-refractivity contribution in [1.29, 1.82) is 0 Å². The summed E-state index contributed by atoms with van der Waals surface area (Å²) >= 11 is 0. The van der Waals surface area contributed by atoms with Crippen LogP contribution in [0.2, 0.25) is 0 Å². The molecule has 0 radical (unpaired) electrons. The zero-order chi connectivity index (χ0) is 50.5. The average Bonchev–Trinajstić information content (AvgIpc) is 4.18. The zero-order valence-electron chi connectivity index (χ0n) is 42.3. The number of fused-ring (bicyclic) bond motifs is 16. The van der Waals surface area contributed by atoms with E-state index in [1.165, 1.54) is 77.5 Å². The number of anilines is 4. The second-order valence-electron chi connectivity index (χ2n) is 20.5. The van der Waals surface area contributed by atoms with Crippen LogP contribution in [0.5, 0.6) is 0 Å². The maximum Gasteiger partial charge on any atom is 0.160 e. The number of rotatable bonds is 8. The van der Waals surface area contributed by atoms with Gasteiger partial charge in [-0.05, 0) is 153 Å². The van der Waals surface area contributed by atoms with Gasteiger partial charge >= 0.3 is 0 Å². The number of dihydropyridines is 2. The maximum absolute atomic E-state index is 7.35. The van der Waals surface area contributed by atoms with Crippen LogP contribution in [0.1, 0.15) is 36.1 Å². The molecule has 5 heteroatoms. The Morgan fingerprint density at radius 1 is 0.395 bits per heavy atom. The highest BCUT2D eigenvalue weighted by Crippen LogP contribution is 2.67. The summed E-state index contributed by atoms with van der Waals surface area (Å²) < 4.78 is 7.35. The van der Waals surface area contributed by atoms with Gasteiger partial charge in [-0.2, -0.15) is 0 Å². The molecule has 0 saturated carbocycles. The molecule has 0 bridgehead atoms. The van der Waals surface area contributed by atoms with Crippen molar-refractivity contribution >= 4 is 55.5 Å². The van der Waals surface area contributed by atoms with Crippen molar-refractivity contribution < 1.29 is 4.42 Å². The van der Waals surface area contributed by atoms with Gasteiger partial charge in [-0.25, -0.2) is 0 Å². The standard InChI is InChI=1S/C71H52N4O/c1-45-29-35-53(43-72-45)74(51-37-31-49(32-38-51)47-17-5-3-6-18-47)64-41-62-67(58-24-10-9-23-57(58)64)69-63(71(62)60-26-14-11-21-55(60)56-22-12-15-27-61(56)71)42-65(70-68(69)59-25-13-16-28-66(59)76-70)75(54-36-30-46(2)73-44-54)52-39-33-50(34-40-52)48-19-7-4-8-20-48/h3-42,72-73H,43-44H2,1-2H3. The molecule has 4 aliphatic rings. The molecule has 1 spiro atoms. The van der Waals surface area contributed by atoms with Crippen LogP contribution in [-0.2, 0) is 5.41 Å². The summed E-state index contributed by atoms with van der Waals surface area (Å²) in [4.78, 5) is 4.95.